The highest BCUT2D eigenvalue weighted by Crippen LogP contribution is 2.24. The summed E-state index contributed by atoms with van der Waals surface area (Å²) < 4.78 is 0. The van der Waals surface area contributed by atoms with E-state index in [2.05, 4.69) is 5.32 Å². The molecule has 0 aromatic carbocycles. The maximum absolute atomic E-state index is 11.1. The molecule has 1 aliphatic rings. The predicted octanol–water partition coefficient (Wildman–Crippen LogP) is 1.24. The van der Waals surface area contributed by atoms with Crippen LogP contribution in [-0.2, 0) is 4.79 Å². The molecule has 1 amide bonds. The van der Waals surface area contributed by atoms with Crippen molar-refractivity contribution in [2.75, 3.05) is 20.6 Å². The standard InChI is InChI=1S/C11H22N2O/c1-9(14)13(3)8-10-5-4-6-11(7-10)12-2/h10-12H,4-8H2,1-3H3. The Labute approximate surface area is 86.9 Å². The maximum Gasteiger partial charge on any atom is 0.219 e. The van der Waals surface area contributed by atoms with Crippen molar-refractivity contribution in [1.82, 2.24) is 10.2 Å². The van der Waals surface area contributed by atoms with E-state index in [1.165, 1.54) is 25.7 Å². The zero-order chi connectivity index (χ0) is 10.6. The van der Waals surface area contributed by atoms with E-state index in [0.717, 1.165) is 6.54 Å². The lowest BCUT2D eigenvalue weighted by Crippen LogP contribution is -2.37. The molecule has 0 aliphatic heterocycles. The van der Waals surface area contributed by atoms with Gasteiger partial charge in [-0.05, 0) is 32.2 Å². The lowest BCUT2D eigenvalue weighted by Gasteiger charge is -2.31. The Morgan fingerprint density at radius 1 is 1.50 bits per heavy atom. The summed E-state index contributed by atoms with van der Waals surface area (Å²) in [6, 6.07) is 0.661. The molecule has 2 atom stereocenters. The molecule has 1 aliphatic carbocycles. The van der Waals surface area contributed by atoms with Crippen LogP contribution in [0.5, 0.6) is 0 Å². The van der Waals surface area contributed by atoms with E-state index in [1.54, 1.807) is 6.92 Å². The van der Waals surface area contributed by atoms with Gasteiger partial charge in [-0.2, -0.15) is 0 Å². The van der Waals surface area contributed by atoms with Gasteiger partial charge in [-0.3, -0.25) is 4.79 Å². The molecule has 1 saturated carbocycles. The third-order valence-corrected chi connectivity index (χ3v) is 3.26. The highest BCUT2D eigenvalue weighted by Gasteiger charge is 2.22. The average molecular weight is 198 g/mol. The van der Waals surface area contributed by atoms with Gasteiger partial charge in [0.25, 0.3) is 0 Å². The summed E-state index contributed by atoms with van der Waals surface area (Å²) in [5.74, 6) is 0.867. The van der Waals surface area contributed by atoms with Crippen LogP contribution in [0, 0.1) is 5.92 Å². The molecule has 2 unspecified atom stereocenters. The van der Waals surface area contributed by atoms with Crippen LogP contribution in [0.2, 0.25) is 0 Å². The van der Waals surface area contributed by atoms with Crippen molar-refractivity contribution in [3.8, 4) is 0 Å². The van der Waals surface area contributed by atoms with Crippen molar-refractivity contribution in [3.63, 3.8) is 0 Å². The number of carbonyl (C=O) groups is 1. The maximum atomic E-state index is 11.1. The van der Waals surface area contributed by atoms with Gasteiger partial charge in [0.05, 0.1) is 0 Å². The van der Waals surface area contributed by atoms with Gasteiger partial charge in [0.2, 0.25) is 5.91 Å². The van der Waals surface area contributed by atoms with Crippen LogP contribution in [0.25, 0.3) is 0 Å². The topological polar surface area (TPSA) is 32.3 Å². The largest absolute Gasteiger partial charge is 0.346 e. The second kappa shape index (κ2) is 5.35. The first-order valence-corrected chi connectivity index (χ1v) is 5.52. The second-order valence-electron chi connectivity index (χ2n) is 4.42. The Kier molecular flexibility index (Phi) is 4.39. The van der Waals surface area contributed by atoms with Crippen LogP contribution in [0.15, 0.2) is 0 Å². The van der Waals surface area contributed by atoms with E-state index >= 15 is 0 Å². The van der Waals surface area contributed by atoms with Crippen LogP contribution in [0.1, 0.15) is 32.6 Å². The molecule has 3 heteroatoms. The van der Waals surface area contributed by atoms with Crippen molar-refractivity contribution in [1.29, 1.82) is 0 Å². The molecular formula is C11H22N2O. The van der Waals surface area contributed by atoms with Gasteiger partial charge in [0, 0.05) is 26.6 Å². The highest BCUT2D eigenvalue weighted by atomic mass is 16.2. The summed E-state index contributed by atoms with van der Waals surface area (Å²) in [6.07, 6.45) is 5.07. The molecule has 0 saturated heterocycles. The van der Waals surface area contributed by atoms with Gasteiger partial charge < -0.3 is 10.2 Å². The molecule has 0 spiro atoms. The number of carbonyl (C=O) groups excluding carboxylic acids is 1. The third-order valence-electron chi connectivity index (χ3n) is 3.26. The molecule has 0 aromatic rings. The Morgan fingerprint density at radius 2 is 2.21 bits per heavy atom. The molecule has 1 fully saturated rings. The highest BCUT2D eigenvalue weighted by molar-refractivity contribution is 5.72. The van der Waals surface area contributed by atoms with Crippen molar-refractivity contribution in [3.05, 3.63) is 0 Å². The van der Waals surface area contributed by atoms with Crippen LogP contribution >= 0.6 is 0 Å². The second-order valence-corrected chi connectivity index (χ2v) is 4.42. The molecule has 0 radical (unpaired) electrons. The van der Waals surface area contributed by atoms with Gasteiger partial charge in [0.15, 0.2) is 0 Å². The molecule has 1 rings (SSSR count). The SMILES string of the molecule is CNC1CCCC(CN(C)C(C)=O)C1. The Bertz CT molecular complexity index is 194. The number of amides is 1. The van der Waals surface area contributed by atoms with E-state index in [1.807, 2.05) is 19.0 Å². The zero-order valence-corrected chi connectivity index (χ0v) is 9.55. The monoisotopic (exact) mass is 198 g/mol. The number of rotatable bonds is 3. The predicted molar refractivity (Wildman–Crippen MR) is 58.1 cm³/mol. The zero-order valence-electron chi connectivity index (χ0n) is 9.55. The fourth-order valence-corrected chi connectivity index (χ4v) is 2.23. The Hall–Kier alpha value is -0.570. The molecule has 82 valence electrons. The van der Waals surface area contributed by atoms with Crippen molar-refractivity contribution in [2.24, 2.45) is 5.92 Å². The lowest BCUT2D eigenvalue weighted by atomic mass is 9.85. The Morgan fingerprint density at radius 3 is 2.79 bits per heavy atom. The molecule has 3 nitrogen and oxygen atoms in total. The molecule has 0 bridgehead atoms. The smallest absolute Gasteiger partial charge is 0.219 e. The fourth-order valence-electron chi connectivity index (χ4n) is 2.23. The van der Waals surface area contributed by atoms with E-state index in [-0.39, 0.29) is 5.91 Å². The van der Waals surface area contributed by atoms with Crippen molar-refractivity contribution >= 4 is 5.91 Å². The molecule has 1 N–H and O–H groups in total. The first-order valence-electron chi connectivity index (χ1n) is 5.52. The first kappa shape index (κ1) is 11.5. The summed E-state index contributed by atoms with van der Waals surface area (Å²) >= 11 is 0. The molecular weight excluding hydrogens is 176 g/mol. The number of hydrogen-bond donors (Lipinski definition) is 1. The fraction of sp³-hybridized carbons (Fsp3) is 0.909. The van der Waals surface area contributed by atoms with Crippen LogP contribution in [-0.4, -0.2) is 37.5 Å². The van der Waals surface area contributed by atoms with E-state index < -0.39 is 0 Å². The first-order chi connectivity index (χ1) is 6.63. The quantitative estimate of drug-likeness (QED) is 0.740. The van der Waals surface area contributed by atoms with Gasteiger partial charge >= 0.3 is 0 Å². The minimum Gasteiger partial charge on any atom is -0.346 e. The summed E-state index contributed by atoms with van der Waals surface area (Å²) in [6.45, 7) is 2.56. The number of hydrogen-bond acceptors (Lipinski definition) is 2. The van der Waals surface area contributed by atoms with Crippen molar-refractivity contribution in [2.45, 2.75) is 38.6 Å². The van der Waals surface area contributed by atoms with E-state index in [9.17, 15) is 4.79 Å². The molecule has 0 heterocycles. The van der Waals surface area contributed by atoms with Gasteiger partial charge in [0.1, 0.15) is 0 Å². The average Bonchev–Trinajstić information content (AvgIpc) is 2.18. The van der Waals surface area contributed by atoms with E-state index in [4.69, 9.17) is 0 Å². The summed E-state index contributed by atoms with van der Waals surface area (Å²) in [5, 5.41) is 3.33. The van der Waals surface area contributed by atoms with Gasteiger partial charge in [-0.15, -0.1) is 0 Å². The van der Waals surface area contributed by atoms with E-state index in [0.29, 0.717) is 12.0 Å². The molecule has 14 heavy (non-hydrogen) atoms. The number of nitrogens with one attached hydrogen (secondary N) is 1. The summed E-state index contributed by atoms with van der Waals surface area (Å²) in [7, 11) is 3.92. The van der Waals surface area contributed by atoms with Crippen LogP contribution < -0.4 is 5.32 Å². The summed E-state index contributed by atoms with van der Waals surface area (Å²) in [5.41, 5.74) is 0. The van der Waals surface area contributed by atoms with Crippen molar-refractivity contribution < 1.29 is 4.79 Å². The van der Waals surface area contributed by atoms with Gasteiger partial charge in [-0.25, -0.2) is 0 Å². The minimum atomic E-state index is 0.177. The number of nitrogens with zero attached hydrogens (tertiary/aromatic N) is 1. The van der Waals surface area contributed by atoms with Crippen LogP contribution in [0.4, 0.5) is 0 Å². The van der Waals surface area contributed by atoms with Crippen LogP contribution in [0.3, 0.4) is 0 Å². The lowest BCUT2D eigenvalue weighted by molar-refractivity contribution is -0.128. The summed E-state index contributed by atoms with van der Waals surface area (Å²) in [4.78, 5) is 12.9. The third kappa shape index (κ3) is 3.29. The molecule has 0 aromatic heterocycles. The van der Waals surface area contributed by atoms with Gasteiger partial charge in [-0.1, -0.05) is 6.42 Å². The minimum absolute atomic E-state index is 0.177. The normalized spacial score (nSPS) is 27.4. The Balaban J connectivity index is 2.33.